The summed E-state index contributed by atoms with van der Waals surface area (Å²) >= 11 is 0. The van der Waals surface area contributed by atoms with E-state index in [9.17, 15) is 13.2 Å². The molecule has 1 aliphatic heterocycles. The van der Waals surface area contributed by atoms with E-state index in [0.29, 0.717) is 32.1 Å². The summed E-state index contributed by atoms with van der Waals surface area (Å²) < 4.78 is 23.1. The van der Waals surface area contributed by atoms with Gasteiger partial charge in [0.05, 0.1) is 10.5 Å². The Kier molecular flexibility index (Phi) is 5.38. The molecule has 7 nitrogen and oxygen atoms in total. The smallest absolute Gasteiger partial charge is 0.216 e. The van der Waals surface area contributed by atoms with Gasteiger partial charge in [-0.3, -0.25) is 9.79 Å². The first-order valence-corrected chi connectivity index (χ1v) is 8.27. The lowest BCUT2D eigenvalue weighted by Crippen LogP contribution is -2.57. The molecule has 1 saturated heterocycles. The Morgan fingerprint density at radius 2 is 1.90 bits per heavy atom. The van der Waals surface area contributed by atoms with Gasteiger partial charge in [-0.1, -0.05) is 0 Å². The highest BCUT2D eigenvalue weighted by Crippen LogP contribution is 2.23. The van der Waals surface area contributed by atoms with Gasteiger partial charge in [0, 0.05) is 40.2 Å². The lowest BCUT2D eigenvalue weighted by Gasteiger charge is -2.39. The monoisotopic (exact) mass is 304 g/mol. The standard InChI is InChI=1S/C12H24N4O3S/c1-10(17)14-5-6-15-11(13-4)16-7-8-20(18,19)12(2,3)9-16/h5-9H2,1-4H3,(H,13,15)(H,14,17). The minimum Gasteiger partial charge on any atom is -0.355 e. The minimum atomic E-state index is -3.05. The molecule has 116 valence electrons. The third-order valence-electron chi connectivity index (χ3n) is 3.34. The van der Waals surface area contributed by atoms with E-state index < -0.39 is 14.6 Å². The van der Waals surface area contributed by atoms with E-state index in [1.807, 2.05) is 4.90 Å². The molecule has 0 aromatic carbocycles. The predicted octanol–water partition coefficient (Wildman–Crippen LogP) is -0.793. The van der Waals surface area contributed by atoms with Crippen LogP contribution in [-0.2, 0) is 14.6 Å². The first-order valence-electron chi connectivity index (χ1n) is 6.62. The fourth-order valence-corrected chi connectivity index (χ4v) is 3.44. The molecule has 0 aliphatic carbocycles. The summed E-state index contributed by atoms with van der Waals surface area (Å²) in [7, 11) is -1.39. The number of nitrogens with one attached hydrogen (secondary N) is 2. The van der Waals surface area contributed by atoms with Gasteiger partial charge in [-0.05, 0) is 13.8 Å². The first-order chi connectivity index (χ1) is 9.19. The second kappa shape index (κ2) is 6.43. The van der Waals surface area contributed by atoms with Crippen LogP contribution in [0.5, 0.6) is 0 Å². The molecular weight excluding hydrogens is 280 g/mol. The maximum Gasteiger partial charge on any atom is 0.216 e. The normalized spacial score (nSPS) is 21.4. The van der Waals surface area contributed by atoms with Crippen molar-refractivity contribution in [2.24, 2.45) is 4.99 Å². The van der Waals surface area contributed by atoms with Crippen molar-refractivity contribution in [3.63, 3.8) is 0 Å². The molecular formula is C12H24N4O3S. The van der Waals surface area contributed by atoms with Crippen LogP contribution < -0.4 is 10.6 Å². The number of hydrogen-bond acceptors (Lipinski definition) is 4. The molecule has 0 unspecified atom stereocenters. The molecule has 0 atom stereocenters. The number of guanidine groups is 1. The maximum atomic E-state index is 12.0. The maximum absolute atomic E-state index is 12.0. The van der Waals surface area contributed by atoms with E-state index in [4.69, 9.17) is 0 Å². The lowest BCUT2D eigenvalue weighted by atomic mass is 10.2. The van der Waals surface area contributed by atoms with E-state index in [0.717, 1.165) is 0 Å². The second-order valence-corrected chi connectivity index (χ2v) is 8.20. The van der Waals surface area contributed by atoms with Crippen LogP contribution in [0.3, 0.4) is 0 Å². The van der Waals surface area contributed by atoms with Crippen LogP contribution in [0.4, 0.5) is 0 Å². The van der Waals surface area contributed by atoms with Gasteiger partial charge in [0.2, 0.25) is 5.91 Å². The van der Waals surface area contributed by atoms with Gasteiger partial charge in [-0.2, -0.15) is 0 Å². The number of carbonyl (C=O) groups excluding carboxylic acids is 1. The molecule has 0 aromatic heterocycles. The van der Waals surface area contributed by atoms with Crippen LogP contribution >= 0.6 is 0 Å². The van der Waals surface area contributed by atoms with Crippen LogP contribution in [0.1, 0.15) is 20.8 Å². The van der Waals surface area contributed by atoms with Crippen molar-refractivity contribution < 1.29 is 13.2 Å². The Bertz CT molecular complexity index is 485. The van der Waals surface area contributed by atoms with Crippen LogP contribution in [0.2, 0.25) is 0 Å². The zero-order valence-electron chi connectivity index (χ0n) is 12.6. The number of hydrogen-bond donors (Lipinski definition) is 2. The van der Waals surface area contributed by atoms with Gasteiger partial charge < -0.3 is 15.5 Å². The molecule has 0 radical (unpaired) electrons. The summed E-state index contributed by atoms with van der Waals surface area (Å²) in [6.45, 7) is 6.84. The zero-order chi connectivity index (χ0) is 15.4. The molecule has 1 aliphatic rings. The van der Waals surface area contributed by atoms with Crippen LogP contribution in [0, 0.1) is 0 Å². The molecule has 0 bridgehead atoms. The van der Waals surface area contributed by atoms with Crippen molar-refractivity contribution in [2.75, 3.05) is 39.0 Å². The Labute approximate surface area is 120 Å². The quantitative estimate of drug-likeness (QED) is 0.405. The highest BCUT2D eigenvalue weighted by molar-refractivity contribution is 7.92. The van der Waals surface area contributed by atoms with Crippen molar-refractivity contribution in [3.05, 3.63) is 0 Å². The van der Waals surface area contributed by atoms with Gasteiger partial charge in [-0.15, -0.1) is 0 Å². The average Bonchev–Trinajstić information content (AvgIpc) is 2.33. The van der Waals surface area contributed by atoms with Crippen molar-refractivity contribution >= 4 is 21.7 Å². The average molecular weight is 304 g/mol. The van der Waals surface area contributed by atoms with Crippen LogP contribution in [0.15, 0.2) is 4.99 Å². The molecule has 8 heteroatoms. The Hall–Kier alpha value is -1.31. The highest BCUT2D eigenvalue weighted by atomic mass is 32.2. The summed E-state index contributed by atoms with van der Waals surface area (Å²) in [6, 6.07) is 0. The Morgan fingerprint density at radius 1 is 1.30 bits per heavy atom. The summed E-state index contributed by atoms with van der Waals surface area (Å²) in [5.74, 6) is 0.720. The van der Waals surface area contributed by atoms with E-state index in [1.54, 1.807) is 20.9 Å². The number of sulfone groups is 1. The molecule has 1 fully saturated rings. The number of amides is 1. The van der Waals surface area contributed by atoms with Crippen LogP contribution in [-0.4, -0.2) is 68.9 Å². The highest BCUT2D eigenvalue weighted by Gasteiger charge is 2.40. The first kappa shape index (κ1) is 16.7. The van der Waals surface area contributed by atoms with E-state index in [1.165, 1.54) is 6.92 Å². The Morgan fingerprint density at radius 3 is 2.40 bits per heavy atom. The van der Waals surface area contributed by atoms with Crippen molar-refractivity contribution in [1.82, 2.24) is 15.5 Å². The molecule has 2 N–H and O–H groups in total. The molecule has 1 heterocycles. The largest absolute Gasteiger partial charge is 0.355 e. The van der Waals surface area contributed by atoms with Crippen molar-refractivity contribution in [2.45, 2.75) is 25.5 Å². The van der Waals surface area contributed by atoms with Gasteiger partial charge in [0.15, 0.2) is 15.8 Å². The summed E-state index contributed by atoms with van der Waals surface area (Å²) in [5, 5.41) is 5.81. The predicted molar refractivity (Wildman–Crippen MR) is 79.5 cm³/mol. The second-order valence-electron chi connectivity index (χ2n) is 5.46. The molecule has 20 heavy (non-hydrogen) atoms. The summed E-state index contributed by atoms with van der Waals surface area (Å²) in [4.78, 5) is 16.9. The summed E-state index contributed by atoms with van der Waals surface area (Å²) in [6.07, 6.45) is 0. The number of aliphatic imine (C=N–C) groups is 1. The molecule has 1 amide bonds. The van der Waals surface area contributed by atoms with E-state index >= 15 is 0 Å². The molecule has 1 rings (SSSR count). The fourth-order valence-electron chi connectivity index (χ4n) is 2.07. The lowest BCUT2D eigenvalue weighted by molar-refractivity contribution is -0.118. The Balaban J connectivity index is 2.58. The molecule has 0 spiro atoms. The number of rotatable bonds is 3. The number of nitrogens with zero attached hydrogens (tertiary/aromatic N) is 2. The third-order valence-corrected chi connectivity index (χ3v) is 5.87. The molecule has 0 saturated carbocycles. The van der Waals surface area contributed by atoms with Gasteiger partial charge >= 0.3 is 0 Å². The SMILES string of the molecule is CN=C(NCCNC(C)=O)N1CCS(=O)(=O)C(C)(C)C1. The van der Waals surface area contributed by atoms with E-state index in [2.05, 4.69) is 15.6 Å². The summed E-state index contributed by atoms with van der Waals surface area (Å²) in [5.41, 5.74) is 0. The van der Waals surface area contributed by atoms with Crippen molar-refractivity contribution in [1.29, 1.82) is 0 Å². The van der Waals surface area contributed by atoms with Crippen molar-refractivity contribution in [3.8, 4) is 0 Å². The van der Waals surface area contributed by atoms with Gasteiger partial charge in [0.25, 0.3) is 0 Å². The van der Waals surface area contributed by atoms with Crippen LogP contribution in [0.25, 0.3) is 0 Å². The zero-order valence-corrected chi connectivity index (χ0v) is 13.4. The van der Waals surface area contributed by atoms with E-state index in [-0.39, 0.29) is 11.7 Å². The number of carbonyl (C=O) groups is 1. The topological polar surface area (TPSA) is 90.9 Å². The van der Waals surface area contributed by atoms with Gasteiger partial charge in [-0.25, -0.2) is 8.42 Å². The minimum absolute atomic E-state index is 0.0769. The third kappa shape index (κ3) is 4.09. The fraction of sp³-hybridized carbons (Fsp3) is 0.833. The molecule has 0 aromatic rings. The van der Waals surface area contributed by atoms with Gasteiger partial charge in [0.1, 0.15) is 0 Å².